The predicted molar refractivity (Wildman–Crippen MR) is 78.6 cm³/mol. The van der Waals surface area contributed by atoms with Crippen molar-refractivity contribution in [1.29, 1.82) is 0 Å². The van der Waals surface area contributed by atoms with Gasteiger partial charge in [-0.1, -0.05) is 12.1 Å². The molecule has 21 heavy (non-hydrogen) atoms. The smallest absolute Gasteiger partial charge is 0.257 e. The molecular weight excluding hydrogens is 268 g/mol. The third kappa shape index (κ3) is 2.74. The number of para-hydroxylation sites is 2. The molecule has 2 heterocycles. The Morgan fingerprint density at radius 1 is 1.19 bits per heavy atom. The Labute approximate surface area is 120 Å². The van der Waals surface area contributed by atoms with Crippen LogP contribution in [0, 0.1) is 0 Å². The molecule has 0 saturated carbocycles. The van der Waals surface area contributed by atoms with E-state index in [4.69, 9.17) is 0 Å². The molecule has 0 bridgehead atoms. The number of rotatable bonds is 3. The number of nitrogens with zero attached hydrogens (tertiary/aromatic N) is 2. The van der Waals surface area contributed by atoms with Gasteiger partial charge in [0, 0.05) is 24.7 Å². The first-order valence-electron chi connectivity index (χ1n) is 6.31. The number of pyridine rings is 1. The lowest BCUT2D eigenvalue weighted by atomic mass is 10.2. The monoisotopic (exact) mass is 280 g/mol. The summed E-state index contributed by atoms with van der Waals surface area (Å²) >= 11 is 0. The lowest BCUT2D eigenvalue weighted by Gasteiger charge is -2.11. The molecule has 3 rings (SSSR count). The lowest BCUT2D eigenvalue weighted by molar-refractivity contribution is 0.102. The van der Waals surface area contributed by atoms with Crippen LogP contribution in [0.3, 0.4) is 0 Å². The molecule has 0 aliphatic carbocycles. The van der Waals surface area contributed by atoms with Crippen molar-refractivity contribution in [1.82, 2.24) is 14.5 Å². The summed E-state index contributed by atoms with van der Waals surface area (Å²) < 4.78 is 1.81. The minimum Gasteiger partial charge on any atom is -0.328 e. The van der Waals surface area contributed by atoms with Crippen LogP contribution >= 0.6 is 0 Å². The summed E-state index contributed by atoms with van der Waals surface area (Å²) in [5.74, 6) is -0.293. The summed E-state index contributed by atoms with van der Waals surface area (Å²) in [6.45, 7) is 0. The maximum absolute atomic E-state index is 12.2. The highest BCUT2D eigenvalue weighted by Gasteiger charge is 2.09. The van der Waals surface area contributed by atoms with Crippen LogP contribution < -0.4 is 10.9 Å². The lowest BCUT2D eigenvalue weighted by Crippen LogP contribution is -2.15. The third-order valence-electron chi connectivity index (χ3n) is 2.98. The standard InChI is InChI=1S/C15H12N4O2/c20-14-6-5-11(9-17-14)15(21)18-12-3-1-2-4-13(12)19-8-7-16-10-19/h1-10H,(H,17,20)(H,18,21). The highest BCUT2D eigenvalue weighted by atomic mass is 16.1. The number of imidazole rings is 1. The van der Waals surface area contributed by atoms with Gasteiger partial charge in [0.05, 0.1) is 23.3 Å². The number of aromatic nitrogens is 3. The molecule has 0 atom stereocenters. The van der Waals surface area contributed by atoms with Crippen molar-refractivity contribution >= 4 is 11.6 Å². The molecule has 6 heteroatoms. The molecule has 0 unspecified atom stereocenters. The molecule has 1 aromatic carbocycles. The van der Waals surface area contributed by atoms with E-state index in [9.17, 15) is 9.59 Å². The number of H-pyrrole nitrogens is 1. The van der Waals surface area contributed by atoms with Gasteiger partial charge in [0.1, 0.15) is 0 Å². The number of anilines is 1. The van der Waals surface area contributed by atoms with Crippen molar-refractivity contribution in [3.63, 3.8) is 0 Å². The SMILES string of the molecule is O=C(Nc1ccccc1-n1ccnc1)c1ccc(=O)[nH]c1. The summed E-state index contributed by atoms with van der Waals surface area (Å²) in [5.41, 5.74) is 1.61. The Morgan fingerprint density at radius 3 is 2.76 bits per heavy atom. The van der Waals surface area contributed by atoms with E-state index in [1.165, 1.54) is 18.3 Å². The quantitative estimate of drug-likeness (QED) is 0.768. The molecule has 3 aromatic rings. The van der Waals surface area contributed by atoms with Gasteiger partial charge in [-0.05, 0) is 18.2 Å². The normalized spacial score (nSPS) is 10.3. The maximum atomic E-state index is 12.2. The van der Waals surface area contributed by atoms with Crippen LogP contribution in [0.1, 0.15) is 10.4 Å². The van der Waals surface area contributed by atoms with Crippen molar-refractivity contribution in [3.05, 3.63) is 77.2 Å². The first kappa shape index (κ1) is 12.9. The fourth-order valence-corrected chi connectivity index (χ4v) is 1.95. The number of amides is 1. The van der Waals surface area contributed by atoms with Crippen molar-refractivity contribution in [2.24, 2.45) is 0 Å². The summed E-state index contributed by atoms with van der Waals surface area (Å²) in [4.78, 5) is 29.7. The Kier molecular flexibility index (Phi) is 3.34. The van der Waals surface area contributed by atoms with Crippen LogP contribution in [0.4, 0.5) is 5.69 Å². The van der Waals surface area contributed by atoms with Gasteiger partial charge >= 0.3 is 0 Å². The number of hydrogen-bond acceptors (Lipinski definition) is 3. The van der Waals surface area contributed by atoms with E-state index in [2.05, 4.69) is 15.3 Å². The fraction of sp³-hybridized carbons (Fsp3) is 0. The molecule has 1 amide bonds. The van der Waals surface area contributed by atoms with E-state index in [0.717, 1.165) is 5.69 Å². The van der Waals surface area contributed by atoms with E-state index in [1.54, 1.807) is 24.8 Å². The number of carbonyl (C=O) groups is 1. The first-order chi connectivity index (χ1) is 10.2. The van der Waals surface area contributed by atoms with Gasteiger partial charge in [-0.15, -0.1) is 0 Å². The minimum atomic E-state index is -0.293. The van der Waals surface area contributed by atoms with Gasteiger partial charge in [-0.25, -0.2) is 4.98 Å². The molecule has 0 aliphatic heterocycles. The van der Waals surface area contributed by atoms with E-state index in [1.807, 2.05) is 22.8 Å². The van der Waals surface area contributed by atoms with E-state index in [-0.39, 0.29) is 11.5 Å². The number of hydrogen-bond donors (Lipinski definition) is 2. The average Bonchev–Trinajstić information content (AvgIpc) is 3.02. The van der Waals surface area contributed by atoms with Crippen LogP contribution in [0.25, 0.3) is 5.69 Å². The third-order valence-corrected chi connectivity index (χ3v) is 2.98. The van der Waals surface area contributed by atoms with Gasteiger partial charge in [-0.3, -0.25) is 9.59 Å². The Balaban J connectivity index is 1.90. The summed E-state index contributed by atoms with van der Waals surface area (Å²) in [5, 5.41) is 2.82. The summed E-state index contributed by atoms with van der Waals surface area (Å²) in [6, 6.07) is 10.2. The van der Waals surface area contributed by atoms with E-state index in [0.29, 0.717) is 11.3 Å². The number of benzene rings is 1. The number of carbonyl (C=O) groups excluding carboxylic acids is 1. The Bertz CT molecular complexity index is 801. The molecule has 0 saturated heterocycles. The van der Waals surface area contributed by atoms with Crippen molar-refractivity contribution in [2.45, 2.75) is 0 Å². The molecule has 2 N–H and O–H groups in total. The predicted octanol–water partition coefficient (Wildman–Crippen LogP) is 1.81. The zero-order valence-corrected chi connectivity index (χ0v) is 11.0. The van der Waals surface area contributed by atoms with Crippen LogP contribution in [-0.4, -0.2) is 20.4 Å². The highest BCUT2D eigenvalue weighted by Crippen LogP contribution is 2.20. The second-order valence-corrected chi connectivity index (χ2v) is 4.38. The number of nitrogens with one attached hydrogen (secondary N) is 2. The largest absolute Gasteiger partial charge is 0.328 e. The van der Waals surface area contributed by atoms with Gasteiger partial charge in [-0.2, -0.15) is 0 Å². The molecule has 0 aliphatic rings. The van der Waals surface area contributed by atoms with Crippen LogP contribution in [0.15, 0.2) is 66.1 Å². The van der Waals surface area contributed by atoms with Crippen molar-refractivity contribution < 1.29 is 4.79 Å². The second-order valence-electron chi connectivity index (χ2n) is 4.38. The van der Waals surface area contributed by atoms with Crippen molar-refractivity contribution in [3.8, 4) is 5.69 Å². The highest BCUT2D eigenvalue weighted by molar-refractivity contribution is 6.05. The van der Waals surface area contributed by atoms with Crippen LogP contribution in [0.2, 0.25) is 0 Å². The molecule has 2 aromatic heterocycles. The van der Waals surface area contributed by atoms with Gasteiger partial charge in [0.25, 0.3) is 5.91 Å². The van der Waals surface area contributed by atoms with Gasteiger partial charge < -0.3 is 14.9 Å². The molecule has 0 fully saturated rings. The minimum absolute atomic E-state index is 0.245. The Hall–Kier alpha value is -3.15. The molecule has 6 nitrogen and oxygen atoms in total. The first-order valence-corrected chi connectivity index (χ1v) is 6.31. The fourth-order valence-electron chi connectivity index (χ4n) is 1.95. The topological polar surface area (TPSA) is 79.8 Å². The van der Waals surface area contributed by atoms with Gasteiger partial charge in [0.2, 0.25) is 5.56 Å². The molecule has 104 valence electrons. The number of aromatic amines is 1. The second kappa shape index (κ2) is 5.46. The molecule has 0 radical (unpaired) electrons. The summed E-state index contributed by atoms with van der Waals surface area (Å²) in [7, 11) is 0. The molecule has 0 spiro atoms. The van der Waals surface area contributed by atoms with E-state index >= 15 is 0 Å². The van der Waals surface area contributed by atoms with E-state index < -0.39 is 0 Å². The van der Waals surface area contributed by atoms with Crippen LogP contribution in [-0.2, 0) is 0 Å². The zero-order valence-electron chi connectivity index (χ0n) is 11.0. The van der Waals surface area contributed by atoms with Crippen molar-refractivity contribution in [2.75, 3.05) is 5.32 Å². The maximum Gasteiger partial charge on any atom is 0.257 e. The van der Waals surface area contributed by atoms with Crippen LogP contribution in [0.5, 0.6) is 0 Å². The Morgan fingerprint density at radius 2 is 2.05 bits per heavy atom. The van der Waals surface area contributed by atoms with Gasteiger partial charge in [0.15, 0.2) is 0 Å². The average molecular weight is 280 g/mol. The zero-order chi connectivity index (χ0) is 14.7. The molecular formula is C15H12N4O2. The summed E-state index contributed by atoms with van der Waals surface area (Å²) in [6.07, 6.45) is 6.51.